The summed E-state index contributed by atoms with van der Waals surface area (Å²) in [6.45, 7) is 1.38. The van der Waals surface area contributed by atoms with Crippen molar-refractivity contribution in [3.8, 4) is 0 Å². The zero-order valence-electron chi connectivity index (χ0n) is 6.62. The maximum Gasteiger partial charge on any atom is 0.238 e. The van der Waals surface area contributed by atoms with E-state index in [4.69, 9.17) is 17.4 Å². The Morgan fingerprint density at radius 1 is 1.50 bits per heavy atom. The first-order valence-electron chi connectivity index (χ1n) is 3.43. The Bertz CT molecular complexity index is 301. The molecule has 3 nitrogen and oxygen atoms in total. The molecule has 0 spiro atoms. The van der Waals surface area contributed by atoms with Crippen LogP contribution in [0.5, 0.6) is 0 Å². The van der Waals surface area contributed by atoms with E-state index < -0.39 is 0 Å². The van der Waals surface area contributed by atoms with E-state index in [1.54, 1.807) is 24.3 Å². The maximum atomic E-state index is 10.8. The molecule has 0 aliphatic rings. The van der Waals surface area contributed by atoms with Gasteiger partial charge in [0.1, 0.15) is 0 Å². The molecule has 0 saturated carbocycles. The molecular weight excluding hydrogens is 176 g/mol. The molecule has 0 saturated heterocycles. The average Bonchev–Trinajstić information content (AvgIpc) is 2.04. The molecule has 0 fully saturated rings. The summed E-state index contributed by atoms with van der Waals surface area (Å²) in [5.41, 5.74) is 0.520. The van der Waals surface area contributed by atoms with Crippen molar-refractivity contribution in [2.45, 2.75) is 6.92 Å². The van der Waals surface area contributed by atoms with Crippen molar-refractivity contribution in [3.05, 3.63) is 29.3 Å². The Balaban J connectivity index is 3.02. The van der Waals surface area contributed by atoms with E-state index in [-0.39, 0.29) is 5.91 Å². The lowest BCUT2D eigenvalue weighted by Crippen LogP contribution is -2.35. The SMILES string of the molecule is CC(=O)N(N)c1ccccc1Cl. The van der Waals surface area contributed by atoms with Crippen molar-refractivity contribution in [2.24, 2.45) is 5.84 Å². The molecule has 0 aliphatic carbocycles. The molecule has 1 amide bonds. The second-order valence-corrected chi connectivity index (χ2v) is 2.75. The van der Waals surface area contributed by atoms with E-state index in [1.165, 1.54) is 6.92 Å². The zero-order chi connectivity index (χ0) is 9.14. The second kappa shape index (κ2) is 3.56. The van der Waals surface area contributed by atoms with Gasteiger partial charge in [0.2, 0.25) is 5.91 Å². The molecule has 0 atom stereocenters. The minimum atomic E-state index is -0.247. The van der Waals surface area contributed by atoms with Gasteiger partial charge in [-0.25, -0.2) is 10.9 Å². The van der Waals surface area contributed by atoms with Gasteiger partial charge < -0.3 is 0 Å². The second-order valence-electron chi connectivity index (χ2n) is 2.34. The number of anilines is 1. The Morgan fingerprint density at radius 3 is 2.58 bits per heavy atom. The molecule has 1 rings (SSSR count). The molecule has 12 heavy (non-hydrogen) atoms. The molecule has 0 bridgehead atoms. The van der Waals surface area contributed by atoms with Gasteiger partial charge in [-0.1, -0.05) is 23.7 Å². The molecule has 0 aromatic heterocycles. The minimum Gasteiger partial charge on any atom is -0.273 e. The summed E-state index contributed by atoms with van der Waals surface area (Å²) in [4.78, 5) is 10.8. The first kappa shape index (κ1) is 9.03. The van der Waals surface area contributed by atoms with Crippen LogP contribution in [0.25, 0.3) is 0 Å². The predicted molar refractivity (Wildman–Crippen MR) is 48.8 cm³/mol. The molecule has 64 valence electrons. The van der Waals surface area contributed by atoms with Crippen LogP contribution in [0.15, 0.2) is 24.3 Å². The molecule has 1 aromatic rings. The van der Waals surface area contributed by atoms with E-state index in [0.717, 1.165) is 5.01 Å². The first-order valence-corrected chi connectivity index (χ1v) is 3.80. The van der Waals surface area contributed by atoms with Crippen LogP contribution in [0.3, 0.4) is 0 Å². The van der Waals surface area contributed by atoms with Crippen molar-refractivity contribution >= 4 is 23.2 Å². The topological polar surface area (TPSA) is 46.3 Å². The van der Waals surface area contributed by atoms with Gasteiger partial charge in [-0.2, -0.15) is 0 Å². The van der Waals surface area contributed by atoms with Crippen LogP contribution in [0.2, 0.25) is 5.02 Å². The van der Waals surface area contributed by atoms with Gasteiger partial charge in [0.15, 0.2) is 0 Å². The number of carbonyl (C=O) groups is 1. The molecular formula is C8H9ClN2O. The Kier molecular flexibility index (Phi) is 2.68. The Morgan fingerprint density at radius 2 is 2.08 bits per heavy atom. The number of hydrogen-bond donors (Lipinski definition) is 1. The maximum absolute atomic E-state index is 10.8. The number of halogens is 1. The normalized spacial score (nSPS) is 9.58. The Hall–Kier alpha value is -1.06. The van der Waals surface area contributed by atoms with E-state index in [0.29, 0.717) is 10.7 Å². The van der Waals surface area contributed by atoms with Crippen LogP contribution in [-0.4, -0.2) is 5.91 Å². The monoisotopic (exact) mass is 184 g/mol. The quantitative estimate of drug-likeness (QED) is 0.409. The number of benzene rings is 1. The van der Waals surface area contributed by atoms with Crippen LogP contribution in [-0.2, 0) is 4.79 Å². The smallest absolute Gasteiger partial charge is 0.238 e. The molecule has 0 aliphatic heterocycles. The highest BCUT2D eigenvalue weighted by Crippen LogP contribution is 2.22. The molecule has 0 unspecified atom stereocenters. The number of nitrogens with zero attached hydrogens (tertiary/aromatic N) is 1. The van der Waals surface area contributed by atoms with Crippen molar-refractivity contribution in [1.29, 1.82) is 0 Å². The van der Waals surface area contributed by atoms with E-state index in [9.17, 15) is 4.79 Å². The summed E-state index contributed by atoms with van der Waals surface area (Å²) >= 11 is 5.79. The van der Waals surface area contributed by atoms with Gasteiger partial charge in [0.25, 0.3) is 0 Å². The summed E-state index contributed by atoms with van der Waals surface area (Å²) in [6, 6.07) is 6.91. The molecule has 4 heteroatoms. The molecule has 1 aromatic carbocycles. The van der Waals surface area contributed by atoms with Gasteiger partial charge in [-0.05, 0) is 12.1 Å². The fourth-order valence-corrected chi connectivity index (χ4v) is 1.04. The van der Waals surface area contributed by atoms with E-state index in [1.807, 2.05) is 0 Å². The first-order chi connectivity index (χ1) is 5.63. The summed E-state index contributed by atoms with van der Waals surface area (Å²) in [6.07, 6.45) is 0. The minimum absolute atomic E-state index is 0.247. The van der Waals surface area contributed by atoms with Gasteiger partial charge in [-0.15, -0.1) is 0 Å². The highest BCUT2D eigenvalue weighted by molar-refractivity contribution is 6.33. The van der Waals surface area contributed by atoms with E-state index in [2.05, 4.69) is 0 Å². The average molecular weight is 185 g/mol. The van der Waals surface area contributed by atoms with Gasteiger partial charge in [-0.3, -0.25) is 4.79 Å². The number of amides is 1. The summed E-state index contributed by atoms with van der Waals surface area (Å²) in [5.74, 6) is 5.19. The van der Waals surface area contributed by atoms with Crippen molar-refractivity contribution in [1.82, 2.24) is 0 Å². The van der Waals surface area contributed by atoms with Crippen LogP contribution >= 0.6 is 11.6 Å². The van der Waals surface area contributed by atoms with Crippen LogP contribution in [0.4, 0.5) is 5.69 Å². The van der Waals surface area contributed by atoms with Crippen LogP contribution in [0, 0.1) is 0 Å². The number of para-hydroxylation sites is 1. The fraction of sp³-hybridized carbons (Fsp3) is 0.125. The van der Waals surface area contributed by atoms with Crippen molar-refractivity contribution in [2.75, 3.05) is 5.01 Å². The summed E-state index contributed by atoms with van der Waals surface area (Å²) < 4.78 is 0. The van der Waals surface area contributed by atoms with E-state index >= 15 is 0 Å². The third-order valence-electron chi connectivity index (χ3n) is 1.45. The highest BCUT2D eigenvalue weighted by atomic mass is 35.5. The van der Waals surface area contributed by atoms with Crippen LogP contribution < -0.4 is 10.9 Å². The van der Waals surface area contributed by atoms with Crippen LogP contribution in [0.1, 0.15) is 6.92 Å². The summed E-state index contributed by atoms with van der Waals surface area (Å²) in [5, 5.41) is 1.48. The number of hydrogen-bond acceptors (Lipinski definition) is 2. The predicted octanol–water partition coefficient (Wildman–Crippen LogP) is 1.57. The molecule has 0 radical (unpaired) electrons. The lowest BCUT2D eigenvalue weighted by Gasteiger charge is -2.14. The summed E-state index contributed by atoms with van der Waals surface area (Å²) in [7, 11) is 0. The molecule has 2 N–H and O–H groups in total. The Labute approximate surface area is 75.7 Å². The van der Waals surface area contributed by atoms with Crippen molar-refractivity contribution < 1.29 is 4.79 Å². The zero-order valence-corrected chi connectivity index (χ0v) is 7.38. The largest absolute Gasteiger partial charge is 0.273 e. The standard InChI is InChI=1S/C8H9ClN2O/c1-6(12)11(10)8-5-3-2-4-7(8)9/h2-5H,10H2,1H3. The molecule has 0 heterocycles. The fourth-order valence-electron chi connectivity index (χ4n) is 0.817. The van der Waals surface area contributed by atoms with Crippen molar-refractivity contribution in [3.63, 3.8) is 0 Å². The van der Waals surface area contributed by atoms with Gasteiger partial charge >= 0.3 is 0 Å². The lowest BCUT2D eigenvalue weighted by molar-refractivity contribution is -0.116. The highest BCUT2D eigenvalue weighted by Gasteiger charge is 2.08. The van der Waals surface area contributed by atoms with Gasteiger partial charge in [0, 0.05) is 6.92 Å². The lowest BCUT2D eigenvalue weighted by atomic mass is 10.3. The van der Waals surface area contributed by atoms with Gasteiger partial charge in [0.05, 0.1) is 10.7 Å². The number of carbonyl (C=O) groups excluding carboxylic acids is 1. The number of rotatable bonds is 1. The number of nitrogens with two attached hydrogens (primary N) is 1. The third kappa shape index (κ3) is 1.75. The number of hydrazine groups is 1. The third-order valence-corrected chi connectivity index (χ3v) is 1.77.